The summed E-state index contributed by atoms with van der Waals surface area (Å²) in [7, 11) is 0. The molecule has 0 radical (unpaired) electrons. The van der Waals surface area contributed by atoms with E-state index in [1.54, 1.807) is 22.7 Å². The molecular weight excluding hydrogens is 262 g/mol. The second kappa shape index (κ2) is 4.76. The number of thiophene rings is 1. The summed E-state index contributed by atoms with van der Waals surface area (Å²) < 4.78 is 0. The average Bonchev–Trinajstić information content (AvgIpc) is 2.83. The fourth-order valence-electron chi connectivity index (χ4n) is 1.70. The number of hydrogen-bond donors (Lipinski definition) is 1. The molecule has 0 saturated heterocycles. The van der Waals surface area contributed by atoms with E-state index in [2.05, 4.69) is 31.1 Å². The minimum atomic E-state index is -0.818. The van der Waals surface area contributed by atoms with Crippen LogP contribution in [-0.2, 0) is 17.4 Å². The topological polar surface area (TPSA) is 33.1 Å². The maximum atomic E-state index is 10.5. The normalized spacial score (nSPS) is 15.6. The smallest absolute Gasteiger partial charge is 0.102 e. The van der Waals surface area contributed by atoms with E-state index >= 15 is 0 Å². The van der Waals surface area contributed by atoms with E-state index in [4.69, 9.17) is 0 Å². The molecule has 0 aromatic carbocycles. The van der Waals surface area contributed by atoms with Gasteiger partial charge in [-0.3, -0.25) is 0 Å². The summed E-state index contributed by atoms with van der Waals surface area (Å²) >= 11 is 3.22. The monoisotopic (exact) mass is 281 g/mol. The SMILES string of the molecule is CC(C)(C)c1csc(CC(C)(O)c2cccs2)n1. The molecular formula is C14H19NOS2. The van der Waals surface area contributed by atoms with Crippen LogP contribution in [-0.4, -0.2) is 10.1 Å². The van der Waals surface area contributed by atoms with Gasteiger partial charge in [0.05, 0.1) is 10.7 Å². The molecule has 2 nitrogen and oxygen atoms in total. The van der Waals surface area contributed by atoms with Crippen molar-refractivity contribution in [3.05, 3.63) is 38.5 Å². The van der Waals surface area contributed by atoms with Gasteiger partial charge < -0.3 is 5.11 Å². The molecule has 0 amide bonds. The van der Waals surface area contributed by atoms with Gasteiger partial charge in [-0.25, -0.2) is 4.98 Å². The van der Waals surface area contributed by atoms with Crippen molar-refractivity contribution in [2.75, 3.05) is 0 Å². The largest absolute Gasteiger partial charge is 0.384 e. The zero-order valence-electron chi connectivity index (χ0n) is 11.2. The van der Waals surface area contributed by atoms with Gasteiger partial charge in [0.1, 0.15) is 5.60 Å². The quantitative estimate of drug-likeness (QED) is 0.924. The maximum absolute atomic E-state index is 10.5. The number of hydrogen-bond acceptors (Lipinski definition) is 4. The van der Waals surface area contributed by atoms with Crippen LogP contribution < -0.4 is 0 Å². The van der Waals surface area contributed by atoms with E-state index < -0.39 is 5.60 Å². The van der Waals surface area contributed by atoms with Crippen LogP contribution in [0.2, 0.25) is 0 Å². The van der Waals surface area contributed by atoms with E-state index in [0.717, 1.165) is 15.6 Å². The minimum Gasteiger partial charge on any atom is -0.384 e. The third-order valence-electron chi connectivity index (χ3n) is 2.87. The average molecular weight is 281 g/mol. The number of aliphatic hydroxyl groups is 1. The lowest BCUT2D eigenvalue weighted by molar-refractivity contribution is 0.0614. The lowest BCUT2D eigenvalue weighted by Gasteiger charge is -2.20. The van der Waals surface area contributed by atoms with Crippen molar-refractivity contribution < 1.29 is 5.11 Å². The van der Waals surface area contributed by atoms with Crippen LogP contribution in [0.15, 0.2) is 22.9 Å². The molecule has 2 rings (SSSR count). The first kappa shape index (κ1) is 13.7. The van der Waals surface area contributed by atoms with E-state index in [0.29, 0.717) is 6.42 Å². The highest BCUT2D eigenvalue weighted by Gasteiger charge is 2.27. The summed E-state index contributed by atoms with van der Waals surface area (Å²) in [6.45, 7) is 8.33. The Balaban J connectivity index is 2.17. The molecule has 2 heterocycles. The number of thiazole rings is 1. The van der Waals surface area contributed by atoms with Crippen molar-refractivity contribution in [2.45, 2.75) is 45.1 Å². The Bertz CT molecular complexity index is 506. The molecule has 4 heteroatoms. The molecule has 2 aromatic heterocycles. The Kier molecular flexibility index (Phi) is 3.63. The van der Waals surface area contributed by atoms with E-state index in [9.17, 15) is 5.11 Å². The standard InChI is InChI=1S/C14H19NOS2/c1-13(2,3)10-9-18-12(15-10)8-14(4,16)11-6-5-7-17-11/h5-7,9,16H,8H2,1-4H3. The van der Waals surface area contributed by atoms with Crippen molar-refractivity contribution in [3.8, 4) is 0 Å². The third-order valence-corrected chi connectivity index (χ3v) is 4.84. The lowest BCUT2D eigenvalue weighted by Crippen LogP contribution is -2.23. The molecule has 0 aliphatic rings. The van der Waals surface area contributed by atoms with Crippen molar-refractivity contribution in [3.63, 3.8) is 0 Å². The Morgan fingerprint density at radius 1 is 1.22 bits per heavy atom. The summed E-state index contributed by atoms with van der Waals surface area (Å²) in [5.74, 6) is 0. The molecule has 18 heavy (non-hydrogen) atoms. The maximum Gasteiger partial charge on any atom is 0.102 e. The molecule has 0 bridgehead atoms. The summed E-state index contributed by atoms with van der Waals surface area (Å²) in [6.07, 6.45) is 0.578. The minimum absolute atomic E-state index is 0.0730. The number of nitrogens with zero attached hydrogens (tertiary/aromatic N) is 1. The molecule has 0 aliphatic carbocycles. The number of rotatable bonds is 3. The predicted octanol–water partition coefficient (Wildman–Crippen LogP) is 3.95. The van der Waals surface area contributed by atoms with Crippen LogP contribution in [0, 0.1) is 0 Å². The highest BCUT2D eigenvalue weighted by atomic mass is 32.1. The highest BCUT2D eigenvalue weighted by Crippen LogP contribution is 2.31. The molecule has 0 fully saturated rings. The second-order valence-corrected chi connectivity index (χ2v) is 7.69. The van der Waals surface area contributed by atoms with Gasteiger partial charge in [0.15, 0.2) is 0 Å². The molecule has 0 aliphatic heterocycles. The summed E-state index contributed by atoms with van der Waals surface area (Å²) in [4.78, 5) is 5.64. The Hall–Kier alpha value is -0.710. The van der Waals surface area contributed by atoms with Crippen LogP contribution in [0.1, 0.15) is 43.3 Å². The molecule has 1 atom stereocenters. The van der Waals surface area contributed by atoms with Gasteiger partial charge in [-0.05, 0) is 18.4 Å². The fraction of sp³-hybridized carbons (Fsp3) is 0.500. The van der Waals surface area contributed by atoms with Crippen LogP contribution in [0.4, 0.5) is 0 Å². The number of aromatic nitrogens is 1. The molecule has 0 saturated carbocycles. The van der Waals surface area contributed by atoms with Gasteiger partial charge in [0.25, 0.3) is 0 Å². The van der Waals surface area contributed by atoms with Crippen LogP contribution in [0.3, 0.4) is 0 Å². The van der Waals surface area contributed by atoms with Crippen LogP contribution in [0.25, 0.3) is 0 Å². The van der Waals surface area contributed by atoms with Crippen molar-refractivity contribution in [2.24, 2.45) is 0 Å². The van der Waals surface area contributed by atoms with Gasteiger partial charge in [0.2, 0.25) is 0 Å². The second-order valence-electron chi connectivity index (χ2n) is 5.80. The van der Waals surface area contributed by atoms with Crippen molar-refractivity contribution >= 4 is 22.7 Å². The molecule has 1 unspecified atom stereocenters. The fourth-order valence-corrected chi connectivity index (χ4v) is 3.66. The zero-order valence-corrected chi connectivity index (χ0v) is 12.9. The predicted molar refractivity (Wildman–Crippen MR) is 78.4 cm³/mol. The van der Waals surface area contributed by atoms with E-state index in [-0.39, 0.29) is 5.41 Å². The zero-order chi connectivity index (χ0) is 13.4. The van der Waals surface area contributed by atoms with Crippen LogP contribution >= 0.6 is 22.7 Å². The summed E-state index contributed by atoms with van der Waals surface area (Å²) in [5.41, 5.74) is 0.356. The van der Waals surface area contributed by atoms with Gasteiger partial charge in [0, 0.05) is 22.1 Å². The molecule has 2 aromatic rings. The summed E-state index contributed by atoms with van der Waals surface area (Å²) in [5, 5.41) is 15.6. The summed E-state index contributed by atoms with van der Waals surface area (Å²) in [6, 6.07) is 3.94. The Morgan fingerprint density at radius 2 is 1.94 bits per heavy atom. The van der Waals surface area contributed by atoms with Crippen molar-refractivity contribution in [1.82, 2.24) is 4.98 Å². The molecule has 98 valence electrons. The van der Waals surface area contributed by atoms with Gasteiger partial charge in [-0.1, -0.05) is 26.8 Å². The molecule has 0 spiro atoms. The first-order chi connectivity index (χ1) is 8.29. The third kappa shape index (κ3) is 2.99. The molecule has 1 N–H and O–H groups in total. The van der Waals surface area contributed by atoms with Gasteiger partial charge in [-0.15, -0.1) is 22.7 Å². The lowest BCUT2D eigenvalue weighted by atomic mass is 9.93. The Labute approximate surface area is 116 Å². The first-order valence-corrected chi connectivity index (χ1v) is 7.76. The van der Waals surface area contributed by atoms with Gasteiger partial charge >= 0.3 is 0 Å². The first-order valence-electron chi connectivity index (χ1n) is 6.00. The van der Waals surface area contributed by atoms with Gasteiger partial charge in [-0.2, -0.15) is 0 Å². The Morgan fingerprint density at radius 3 is 2.44 bits per heavy atom. The highest BCUT2D eigenvalue weighted by molar-refractivity contribution is 7.10. The van der Waals surface area contributed by atoms with E-state index in [1.165, 1.54) is 0 Å². The van der Waals surface area contributed by atoms with Crippen LogP contribution in [0.5, 0.6) is 0 Å². The van der Waals surface area contributed by atoms with E-state index in [1.807, 2.05) is 24.4 Å². The van der Waals surface area contributed by atoms with Crippen molar-refractivity contribution in [1.29, 1.82) is 0 Å².